The third-order valence-electron chi connectivity index (χ3n) is 2.27. The van der Waals surface area contributed by atoms with Gasteiger partial charge >= 0.3 is 106 Å². The van der Waals surface area contributed by atoms with Crippen molar-refractivity contribution < 1.29 is 0 Å². The fraction of sp³-hybridized carbons (Fsp3) is 0.0769. The summed E-state index contributed by atoms with van der Waals surface area (Å²) >= 11 is 0.179. The summed E-state index contributed by atoms with van der Waals surface area (Å²) in [5, 5.41) is 3.72. The summed E-state index contributed by atoms with van der Waals surface area (Å²) < 4.78 is 2.39. The van der Waals surface area contributed by atoms with Crippen molar-refractivity contribution in [1.29, 1.82) is 0 Å². The molecule has 2 aromatic rings. The molecule has 84 valence electrons. The molecule has 0 radical (unpaired) electrons. The second-order valence-corrected chi connectivity index (χ2v) is 5.91. The number of rotatable bonds is 3. The fourth-order valence-corrected chi connectivity index (χ4v) is 3.27. The SMILES string of the molecule is Cc1ccc([Se]c2ccccc2N=[N+]=[N-])cc1. The summed E-state index contributed by atoms with van der Waals surface area (Å²) in [4.78, 5) is 2.86. The molecule has 0 aliphatic heterocycles. The van der Waals surface area contributed by atoms with Gasteiger partial charge in [0.05, 0.1) is 0 Å². The quantitative estimate of drug-likeness (QED) is 0.361. The van der Waals surface area contributed by atoms with Crippen LogP contribution in [0.3, 0.4) is 0 Å². The maximum atomic E-state index is 8.51. The molecule has 0 heterocycles. The Morgan fingerprint density at radius 3 is 2.47 bits per heavy atom. The Bertz CT molecular complexity index is 557. The number of benzene rings is 2. The van der Waals surface area contributed by atoms with Crippen molar-refractivity contribution in [2.75, 3.05) is 0 Å². The van der Waals surface area contributed by atoms with Crippen molar-refractivity contribution in [3.05, 3.63) is 64.5 Å². The van der Waals surface area contributed by atoms with E-state index in [4.69, 9.17) is 5.53 Å². The standard InChI is InChI=1S/C13H11N3Se/c1-10-6-8-11(9-7-10)17-13-5-3-2-4-12(13)15-16-14/h2-9H,1H3. The third kappa shape index (κ3) is 3.11. The van der Waals surface area contributed by atoms with Crippen molar-refractivity contribution >= 4 is 29.6 Å². The van der Waals surface area contributed by atoms with Crippen molar-refractivity contribution in [3.63, 3.8) is 0 Å². The second kappa shape index (κ2) is 5.55. The number of hydrogen-bond donors (Lipinski definition) is 0. The van der Waals surface area contributed by atoms with E-state index in [-0.39, 0.29) is 15.0 Å². The topological polar surface area (TPSA) is 48.8 Å². The molecular formula is C13H11N3Se. The summed E-state index contributed by atoms with van der Waals surface area (Å²) in [6.45, 7) is 2.07. The van der Waals surface area contributed by atoms with E-state index in [1.165, 1.54) is 10.0 Å². The molecule has 0 N–H and O–H groups in total. The number of nitrogens with zero attached hydrogens (tertiary/aromatic N) is 3. The van der Waals surface area contributed by atoms with E-state index in [2.05, 4.69) is 41.2 Å². The molecule has 0 saturated heterocycles. The van der Waals surface area contributed by atoms with Gasteiger partial charge in [0, 0.05) is 0 Å². The zero-order chi connectivity index (χ0) is 12.1. The van der Waals surface area contributed by atoms with Gasteiger partial charge < -0.3 is 0 Å². The molecule has 0 atom stereocenters. The summed E-state index contributed by atoms with van der Waals surface area (Å²) in [6.07, 6.45) is 0. The Kier molecular flexibility index (Phi) is 3.84. The average Bonchev–Trinajstić information content (AvgIpc) is 2.35. The van der Waals surface area contributed by atoms with Crippen LogP contribution < -0.4 is 8.92 Å². The molecule has 0 spiro atoms. The van der Waals surface area contributed by atoms with E-state index in [1.807, 2.05) is 24.3 Å². The van der Waals surface area contributed by atoms with E-state index in [0.29, 0.717) is 0 Å². The molecule has 0 unspecified atom stereocenters. The first-order valence-corrected chi connectivity index (χ1v) is 6.89. The number of hydrogen-bond acceptors (Lipinski definition) is 1. The first-order valence-electron chi connectivity index (χ1n) is 5.18. The van der Waals surface area contributed by atoms with E-state index in [1.54, 1.807) is 0 Å². The van der Waals surface area contributed by atoms with E-state index in [9.17, 15) is 0 Å². The van der Waals surface area contributed by atoms with Gasteiger partial charge in [-0.1, -0.05) is 0 Å². The van der Waals surface area contributed by atoms with E-state index in [0.717, 1.165) is 10.1 Å². The number of azide groups is 1. The van der Waals surface area contributed by atoms with Gasteiger partial charge in [0.2, 0.25) is 0 Å². The fourth-order valence-electron chi connectivity index (χ4n) is 1.41. The van der Waals surface area contributed by atoms with Crippen LogP contribution in [0.4, 0.5) is 5.69 Å². The number of aryl methyl sites for hydroxylation is 1. The van der Waals surface area contributed by atoms with Gasteiger partial charge in [0.15, 0.2) is 0 Å². The molecule has 2 rings (SSSR count). The molecule has 0 aliphatic rings. The van der Waals surface area contributed by atoms with Crippen LogP contribution in [-0.4, -0.2) is 15.0 Å². The van der Waals surface area contributed by atoms with E-state index >= 15 is 0 Å². The zero-order valence-electron chi connectivity index (χ0n) is 9.37. The molecule has 0 bridgehead atoms. The van der Waals surface area contributed by atoms with E-state index < -0.39 is 0 Å². The molecule has 4 heteroatoms. The van der Waals surface area contributed by atoms with Crippen LogP contribution in [0.15, 0.2) is 53.6 Å². The van der Waals surface area contributed by atoms with Crippen LogP contribution in [0.5, 0.6) is 0 Å². The van der Waals surface area contributed by atoms with Crippen LogP contribution in [0.1, 0.15) is 5.56 Å². The minimum absolute atomic E-state index is 0.179. The van der Waals surface area contributed by atoms with Gasteiger partial charge in [0.25, 0.3) is 0 Å². The molecule has 0 aliphatic carbocycles. The first kappa shape index (κ1) is 11.7. The Morgan fingerprint density at radius 1 is 1.06 bits per heavy atom. The Morgan fingerprint density at radius 2 is 1.76 bits per heavy atom. The minimum atomic E-state index is 0.179. The normalized spacial score (nSPS) is 9.71. The third-order valence-corrected chi connectivity index (χ3v) is 4.52. The van der Waals surface area contributed by atoms with Gasteiger partial charge in [0.1, 0.15) is 0 Å². The van der Waals surface area contributed by atoms with Crippen molar-refractivity contribution in [3.8, 4) is 0 Å². The van der Waals surface area contributed by atoms with Crippen molar-refractivity contribution in [1.82, 2.24) is 0 Å². The first-order chi connectivity index (χ1) is 8.29. The predicted molar refractivity (Wildman–Crippen MR) is 71.4 cm³/mol. The van der Waals surface area contributed by atoms with Crippen molar-refractivity contribution in [2.24, 2.45) is 5.11 Å². The molecule has 0 aromatic heterocycles. The van der Waals surface area contributed by atoms with Gasteiger partial charge in [-0.25, -0.2) is 0 Å². The Hall–Kier alpha value is -1.73. The second-order valence-electron chi connectivity index (χ2n) is 3.57. The molecule has 17 heavy (non-hydrogen) atoms. The van der Waals surface area contributed by atoms with Gasteiger partial charge in [-0.3, -0.25) is 0 Å². The van der Waals surface area contributed by atoms with Crippen LogP contribution in [0, 0.1) is 6.92 Å². The summed E-state index contributed by atoms with van der Waals surface area (Å²) in [5.74, 6) is 0. The molecule has 0 fully saturated rings. The summed E-state index contributed by atoms with van der Waals surface area (Å²) in [5.41, 5.74) is 10.5. The van der Waals surface area contributed by atoms with Crippen LogP contribution in [0.2, 0.25) is 0 Å². The van der Waals surface area contributed by atoms with Crippen LogP contribution in [0.25, 0.3) is 10.4 Å². The molecule has 0 amide bonds. The zero-order valence-corrected chi connectivity index (χ0v) is 11.1. The van der Waals surface area contributed by atoms with Gasteiger partial charge in [-0.05, 0) is 0 Å². The Balaban J connectivity index is 2.29. The molecule has 0 saturated carbocycles. The van der Waals surface area contributed by atoms with Crippen LogP contribution in [-0.2, 0) is 0 Å². The molecule has 2 aromatic carbocycles. The Labute approximate surface area is 106 Å². The summed E-state index contributed by atoms with van der Waals surface area (Å²) in [7, 11) is 0. The molecular weight excluding hydrogens is 277 g/mol. The predicted octanol–water partition coefficient (Wildman–Crippen LogP) is 2.59. The summed E-state index contributed by atoms with van der Waals surface area (Å²) in [6, 6.07) is 16.2. The van der Waals surface area contributed by atoms with Gasteiger partial charge in [-0.15, -0.1) is 0 Å². The maximum absolute atomic E-state index is 8.51. The van der Waals surface area contributed by atoms with Crippen molar-refractivity contribution in [2.45, 2.75) is 6.92 Å². The van der Waals surface area contributed by atoms with Crippen LogP contribution >= 0.6 is 0 Å². The average molecular weight is 288 g/mol. The van der Waals surface area contributed by atoms with Gasteiger partial charge in [-0.2, -0.15) is 0 Å². The molecule has 3 nitrogen and oxygen atoms in total. The monoisotopic (exact) mass is 289 g/mol.